The van der Waals surface area contributed by atoms with Gasteiger partial charge in [-0.05, 0) is 44.7 Å². The Morgan fingerprint density at radius 1 is 1.21 bits per heavy atom. The minimum absolute atomic E-state index is 0.0792. The Balaban J connectivity index is 1.80. The van der Waals surface area contributed by atoms with Crippen LogP contribution in [0.5, 0.6) is 0 Å². The second-order valence-electron chi connectivity index (χ2n) is 6.47. The highest BCUT2D eigenvalue weighted by atomic mass is 16.2. The van der Waals surface area contributed by atoms with Crippen molar-refractivity contribution >= 4 is 23.4 Å². The molecular formula is C18H25N3O3. The number of rotatable bonds is 6. The van der Waals surface area contributed by atoms with Gasteiger partial charge in [-0.1, -0.05) is 19.3 Å². The zero-order valence-electron chi connectivity index (χ0n) is 14.3. The van der Waals surface area contributed by atoms with Gasteiger partial charge in [0.2, 0.25) is 11.8 Å². The molecule has 1 aromatic heterocycles. The van der Waals surface area contributed by atoms with Gasteiger partial charge in [0.1, 0.15) is 11.9 Å². The van der Waals surface area contributed by atoms with Crippen molar-refractivity contribution in [2.24, 2.45) is 5.92 Å². The summed E-state index contributed by atoms with van der Waals surface area (Å²) in [4.78, 5) is 39.4. The Morgan fingerprint density at radius 3 is 2.50 bits per heavy atom. The van der Waals surface area contributed by atoms with Crippen molar-refractivity contribution in [1.29, 1.82) is 0 Å². The maximum absolute atomic E-state index is 12.1. The second-order valence-corrected chi connectivity index (χ2v) is 6.47. The third kappa shape index (κ3) is 5.44. The van der Waals surface area contributed by atoms with Crippen LogP contribution >= 0.6 is 0 Å². The SMILES string of the molecule is CC(=O)c1ccc(NC(=O)C(C)NC(=O)CC2CCCCC2)nc1. The lowest BCUT2D eigenvalue weighted by Crippen LogP contribution is -2.42. The molecule has 1 unspecified atom stereocenters. The molecule has 0 radical (unpaired) electrons. The standard InChI is InChI=1S/C18H25N3O3/c1-12(20-17(23)10-14-6-4-3-5-7-14)18(24)21-16-9-8-15(11-19-16)13(2)22/h8-9,11-12,14H,3-7,10H2,1-2H3,(H,20,23)(H,19,21,24). The van der Waals surface area contributed by atoms with Crippen LogP contribution < -0.4 is 10.6 Å². The average molecular weight is 331 g/mol. The molecule has 24 heavy (non-hydrogen) atoms. The van der Waals surface area contributed by atoms with Gasteiger partial charge < -0.3 is 10.6 Å². The molecule has 1 heterocycles. The van der Waals surface area contributed by atoms with Crippen LogP contribution in [-0.4, -0.2) is 28.6 Å². The van der Waals surface area contributed by atoms with Gasteiger partial charge in [-0.2, -0.15) is 0 Å². The van der Waals surface area contributed by atoms with Crippen LogP contribution in [0.2, 0.25) is 0 Å². The van der Waals surface area contributed by atoms with Crippen LogP contribution in [0.3, 0.4) is 0 Å². The number of ketones is 1. The van der Waals surface area contributed by atoms with Gasteiger partial charge in [0.25, 0.3) is 0 Å². The van der Waals surface area contributed by atoms with E-state index >= 15 is 0 Å². The van der Waals surface area contributed by atoms with Crippen LogP contribution in [0, 0.1) is 5.92 Å². The summed E-state index contributed by atoms with van der Waals surface area (Å²) in [5.41, 5.74) is 0.488. The molecule has 1 saturated carbocycles. The number of carbonyl (C=O) groups is 3. The van der Waals surface area contributed by atoms with Gasteiger partial charge in [0.05, 0.1) is 0 Å². The molecule has 1 aromatic rings. The van der Waals surface area contributed by atoms with Gasteiger partial charge in [0.15, 0.2) is 5.78 Å². The number of amides is 2. The minimum Gasteiger partial charge on any atom is -0.345 e. The number of aromatic nitrogens is 1. The van der Waals surface area contributed by atoms with E-state index in [1.54, 1.807) is 19.1 Å². The molecule has 0 aromatic carbocycles. The number of hydrogen-bond acceptors (Lipinski definition) is 4. The Labute approximate surface area is 142 Å². The Kier molecular flexibility index (Phi) is 6.46. The van der Waals surface area contributed by atoms with E-state index in [2.05, 4.69) is 15.6 Å². The van der Waals surface area contributed by atoms with Crippen molar-refractivity contribution < 1.29 is 14.4 Å². The first kappa shape index (κ1) is 18.1. The van der Waals surface area contributed by atoms with E-state index in [0.717, 1.165) is 12.8 Å². The van der Waals surface area contributed by atoms with Crippen molar-refractivity contribution in [3.8, 4) is 0 Å². The molecule has 6 nitrogen and oxygen atoms in total. The van der Waals surface area contributed by atoms with Crippen LogP contribution in [0.1, 0.15) is 62.7 Å². The maximum atomic E-state index is 12.1. The number of anilines is 1. The Morgan fingerprint density at radius 2 is 1.92 bits per heavy atom. The summed E-state index contributed by atoms with van der Waals surface area (Å²) in [5.74, 6) is 0.316. The highest BCUT2D eigenvalue weighted by Gasteiger charge is 2.20. The van der Waals surface area contributed by atoms with Crippen molar-refractivity contribution in [1.82, 2.24) is 10.3 Å². The molecular weight excluding hydrogens is 306 g/mol. The fourth-order valence-electron chi connectivity index (χ4n) is 2.93. The number of hydrogen-bond donors (Lipinski definition) is 2. The van der Waals surface area contributed by atoms with E-state index in [1.807, 2.05) is 0 Å². The second kappa shape index (κ2) is 8.57. The minimum atomic E-state index is -0.629. The summed E-state index contributed by atoms with van der Waals surface area (Å²) >= 11 is 0. The van der Waals surface area contributed by atoms with Gasteiger partial charge in [-0.3, -0.25) is 14.4 Å². The smallest absolute Gasteiger partial charge is 0.247 e. The molecule has 1 fully saturated rings. The molecule has 2 N–H and O–H groups in total. The molecule has 0 spiro atoms. The van der Waals surface area contributed by atoms with Crippen molar-refractivity contribution in [3.63, 3.8) is 0 Å². The lowest BCUT2D eigenvalue weighted by atomic mass is 9.87. The van der Waals surface area contributed by atoms with Crippen molar-refractivity contribution in [2.45, 2.75) is 58.4 Å². The number of Topliss-reactive ketones (excluding diaryl/α,β-unsaturated/α-hetero) is 1. The summed E-state index contributed by atoms with van der Waals surface area (Å²) in [6.45, 7) is 3.11. The number of nitrogens with one attached hydrogen (secondary N) is 2. The van der Waals surface area contributed by atoms with Crippen molar-refractivity contribution in [3.05, 3.63) is 23.9 Å². The van der Waals surface area contributed by atoms with Crippen molar-refractivity contribution in [2.75, 3.05) is 5.32 Å². The third-order valence-electron chi connectivity index (χ3n) is 4.39. The summed E-state index contributed by atoms with van der Waals surface area (Å²) in [7, 11) is 0. The van der Waals surface area contributed by atoms with E-state index in [4.69, 9.17) is 0 Å². The maximum Gasteiger partial charge on any atom is 0.247 e. The predicted molar refractivity (Wildman–Crippen MR) is 91.7 cm³/mol. The first-order chi connectivity index (χ1) is 11.5. The molecule has 1 atom stereocenters. The van der Waals surface area contributed by atoms with E-state index < -0.39 is 6.04 Å². The third-order valence-corrected chi connectivity index (χ3v) is 4.39. The topological polar surface area (TPSA) is 88.2 Å². The van der Waals surface area contributed by atoms with Crippen LogP contribution in [0.4, 0.5) is 5.82 Å². The van der Waals surface area contributed by atoms with Gasteiger partial charge in [-0.15, -0.1) is 0 Å². The normalized spacial score (nSPS) is 16.2. The van der Waals surface area contributed by atoms with Gasteiger partial charge in [-0.25, -0.2) is 4.98 Å². The Hall–Kier alpha value is -2.24. The first-order valence-corrected chi connectivity index (χ1v) is 8.53. The molecule has 6 heteroatoms. The highest BCUT2D eigenvalue weighted by Crippen LogP contribution is 2.26. The summed E-state index contributed by atoms with van der Waals surface area (Å²) < 4.78 is 0. The summed E-state index contributed by atoms with van der Waals surface area (Å²) in [6.07, 6.45) is 7.74. The lowest BCUT2D eigenvalue weighted by Gasteiger charge is -2.22. The molecule has 1 aliphatic carbocycles. The molecule has 1 aliphatic rings. The zero-order chi connectivity index (χ0) is 17.5. The van der Waals surface area contributed by atoms with Crippen LogP contribution in [-0.2, 0) is 9.59 Å². The quantitative estimate of drug-likeness (QED) is 0.785. The molecule has 2 rings (SSSR count). The lowest BCUT2D eigenvalue weighted by molar-refractivity contribution is -0.127. The molecule has 2 amide bonds. The molecule has 130 valence electrons. The molecule has 0 bridgehead atoms. The van der Waals surface area contributed by atoms with E-state index in [-0.39, 0.29) is 17.6 Å². The number of pyridine rings is 1. The first-order valence-electron chi connectivity index (χ1n) is 8.53. The predicted octanol–water partition coefficient (Wildman–Crippen LogP) is 2.70. The fourth-order valence-corrected chi connectivity index (χ4v) is 2.93. The number of carbonyl (C=O) groups excluding carboxylic acids is 3. The van der Waals surface area contributed by atoms with Gasteiger partial charge >= 0.3 is 0 Å². The average Bonchev–Trinajstić information content (AvgIpc) is 2.56. The van der Waals surface area contributed by atoms with Gasteiger partial charge in [0, 0.05) is 18.2 Å². The highest BCUT2D eigenvalue weighted by molar-refractivity contribution is 5.97. The largest absolute Gasteiger partial charge is 0.345 e. The fraction of sp³-hybridized carbons (Fsp3) is 0.556. The van der Waals surface area contributed by atoms with Crippen LogP contribution in [0.25, 0.3) is 0 Å². The van der Waals surface area contributed by atoms with E-state index in [9.17, 15) is 14.4 Å². The monoisotopic (exact) mass is 331 g/mol. The van der Waals surface area contributed by atoms with E-state index in [1.165, 1.54) is 32.4 Å². The number of nitrogens with zero attached hydrogens (tertiary/aromatic N) is 1. The Bertz CT molecular complexity index is 592. The molecule has 0 saturated heterocycles. The molecule has 0 aliphatic heterocycles. The van der Waals surface area contributed by atoms with E-state index in [0.29, 0.717) is 23.7 Å². The summed E-state index contributed by atoms with van der Waals surface area (Å²) in [5, 5.41) is 5.38. The zero-order valence-corrected chi connectivity index (χ0v) is 14.3. The van der Waals surface area contributed by atoms with Crippen LogP contribution in [0.15, 0.2) is 18.3 Å². The summed E-state index contributed by atoms with van der Waals surface area (Å²) in [6, 6.07) is 2.55.